The molecule has 1 aromatic carbocycles. The van der Waals surface area contributed by atoms with Gasteiger partial charge >= 0.3 is 0 Å². The standard InChI is InChI=1S/C16H22N2O2S/c1-5-14-10(2)21-16(18-14)9-13(17)12-8-11(19-3)6-7-15(12)20-4/h6-8,13H,5,9,17H2,1-4H3. The molecule has 2 N–H and O–H groups in total. The second-order valence-electron chi connectivity index (χ2n) is 4.88. The maximum absolute atomic E-state index is 6.36. The number of rotatable bonds is 6. The number of hydrogen-bond donors (Lipinski definition) is 1. The molecule has 2 rings (SSSR count). The van der Waals surface area contributed by atoms with Crippen molar-refractivity contribution in [3.63, 3.8) is 0 Å². The van der Waals surface area contributed by atoms with E-state index in [1.165, 1.54) is 10.6 Å². The molecule has 0 amide bonds. The van der Waals surface area contributed by atoms with E-state index in [-0.39, 0.29) is 6.04 Å². The molecule has 0 saturated carbocycles. The fourth-order valence-electron chi connectivity index (χ4n) is 2.33. The molecule has 0 radical (unpaired) electrons. The van der Waals surface area contributed by atoms with E-state index in [2.05, 4.69) is 18.8 Å². The molecule has 1 atom stereocenters. The van der Waals surface area contributed by atoms with Gasteiger partial charge in [-0.2, -0.15) is 0 Å². The van der Waals surface area contributed by atoms with Crippen molar-refractivity contribution in [1.29, 1.82) is 0 Å². The number of hydrogen-bond acceptors (Lipinski definition) is 5. The normalized spacial score (nSPS) is 12.2. The van der Waals surface area contributed by atoms with E-state index in [1.54, 1.807) is 25.6 Å². The van der Waals surface area contributed by atoms with Crippen molar-refractivity contribution < 1.29 is 9.47 Å². The van der Waals surface area contributed by atoms with Crippen LogP contribution < -0.4 is 15.2 Å². The van der Waals surface area contributed by atoms with Gasteiger partial charge in [0, 0.05) is 22.9 Å². The van der Waals surface area contributed by atoms with Crippen LogP contribution in [0.2, 0.25) is 0 Å². The lowest BCUT2D eigenvalue weighted by Gasteiger charge is -2.15. The highest BCUT2D eigenvalue weighted by Crippen LogP contribution is 2.31. The molecule has 0 bridgehead atoms. The first-order chi connectivity index (χ1) is 10.1. The fraction of sp³-hybridized carbons (Fsp3) is 0.438. The van der Waals surface area contributed by atoms with Gasteiger partial charge in [0.15, 0.2) is 0 Å². The predicted molar refractivity (Wildman–Crippen MR) is 86.4 cm³/mol. The van der Waals surface area contributed by atoms with Crippen LogP contribution >= 0.6 is 11.3 Å². The van der Waals surface area contributed by atoms with Crippen LogP contribution in [0.4, 0.5) is 0 Å². The molecule has 4 nitrogen and oxygen atoms in total. The van der Waals surface area contributed by atoms with Gasteiger partial charge in [-0.25, -0.2) is 4.98 Å². The van der Waals surface area contributed by atoms with Crippen molar-refractivity contribution in [1.82, 2.24) is 4.98 Å². The summed E-state index contributed by atoms with van der Waals surface area (Å²) in [6.45, 7) is 4.23. The van der Waals surface area contributed by atoms with Crippen LogP contribution in [0, 0.1) is 6.92 Å². The maximum atomic E-state index is 6.36. The van der Waals surface area contributed by atoms with E-state index in [4.69, 9.17) is 15.2 Å². The Labute approximate surface area is 129 Å². The summed E-state index contributed by atoms with van der Waals surface area (Å²) >= 11 is 1.72. The molecule has 0 fully saturated rings. The first kappa shape index (κ1) is 15.8. The van der Waals surface area contributed by atoms with E-state index in [9.17, 15) is 0 Å². The zero-order valence-corrected chi connectivity index (χ0v) is 13.8. The third-order valence-electron chi connectivity index (χ3n) is 3.50. The largest absolute Gasteiger partial charge is 0.497 e. The molecule has 2 aromatic rings. The molecule has 0 spiro atoms. The highest BCUT2D eigenvalue weighted by molar-refractivity contribution is 7.11. The van der Waals surface area contributed by atoms with E-state index >= 15 is 0 Å². The molecular weight excluding hydrogens is 284 g/mol. The number of thiazole rings is 1. The van der Waals surface area contributed by atoms with Gasteiger partial charge < -0.3 is 15.2 Å². The van der Waals surface area contributed by atoms with Gasteiger partial charge in [0.05, 0.1) is 24.9 Å². The smallest absolute Gasteiger partial charge is 0.123 e. The van der Waals surface area contributed by atoms with Gasteiger partial charge in [0.1, 0.15) is 11.5 Å². The minimum atomic E-state index is -0.162. The summed E-state index contributed by atoms with van der Waals surface area (Å²) in [5.74, 6) is 1.57. The summed E-state index contributed by atoms with van der Waals surface area (Å²) < 4.78 is 10.7. The fourth-order valence-corrected chi connectivity index (χ4v) is 3.41. The molecule has 1 heterocycles. The number of ether oxygens (including phenoxy) is 2. The summed E-state index contributed by atoms with van der Waals surface area (Å²) in [6.07, 6.45) is 1.66. The van der Waals surface area contributed by atoms with Crippen LogP contribution in [0.1, 0.15) is 34.1 Å². The van der Waals surface area contributed by atoms with Crippen LogP contribution in [0.5, 0.6) is 11.5 Å². The number of nitrogens with zero attached hydrogens (tertiary/aromatic N) is 1. The molecule has 1 aromatic heterocycles. The zero-order chi connectivity index (χ0) is 15.4. The lowest BCUT2D eigenvalue weighted by Crippen LogP contribution is -2.14. The Morgan fingerprint density at radius 3 is 2.62 bits per heavy atom. The molecular formula is C16H22N2O2S. The van der Waals surface area contributed by atoms with Crippen LogP contribution in [-0.2, 0) is 12.8 Å². The van der Waals surface area contributed by atoms with Crippen molar-refractivity contribution in [2.45, 2.75) is 32.7 Å². The van der Waals surface area contributed by atoms with Gasteiger partial charge in [0.25, 0.3) is 0 Å². The topological polar surface area (TPSA) is 57.4 Å². The van der Waals surface area contributed by atoms with Crippen molar-refractivity contribution in [3.05, 3.63) is 39.3 Å². The monoisotopic (exact) mass is 306 g/mol. The Kier molecular flexibility index (Phi) is 5.20. The molecule has 0 saturated heterocycles. The lowest BCUT2D eigenvalue weighted by molar-refractivity contribution is 0.395. The third kappa shape index (κ3) is 3.54. The van der Waals surface area contributed by atoms with E-state index < -0.39 is 0 Å². The number of nitrogens with two attached hydrogens (primary N) is 1. The van der Waals surface area contributed by atoms with Crippen LogP contribution in [-0.4, -0.2) is 19.2 Å². The highest BCUT2D eigenvalue weighted by Gasteiger charge is 2.16. The van der Waals surface area contributed by atoms with E-state index in [1.807, 2.05) is 18.2 Å². The average molecular weight is 306 g/mol. The first-order valence-corrected chi connectivity index (χ1v) is 7.83. The molecule has 5 heteroatoms. The summed E-state index contributed by atoms with van der Waals surface area (Å²) in [5, 5.41) is 1.07. The number of benzene rings is 1. The van der Waals surface area contributed by atoms with Gasteiger partial charge in [0.2, 0.25) is 0 Å². The summed E-state index contributed by atoms with van der Waals surface area (Å²) in [6, 6.07) is 5.53. The minimum Gasteiger partial charge on any atom is -0.497 e. The van der Waals surface area contributed by atoms with E-state index in [0.717, 1.165) is 28.5 Å². The number of methoxy groups -OCH3 is 2. The van der Waals surface area contributed by atoms with Crippen LogP contribution in [0.15, 0.2) is 18.2 Å². The zero-order valence-electron chi connectivity index (χ0n) is 13.0. The Hall–Kier alpha value is -1.59. The van der Waals surface area contributed by atoms with Crippen molar-refractivity contribution >= 4 is 11.3 Å². The Morgan fingerprint density at radius 1 is 1.29 bits per heavy atom. The third-order valence-corrected chi connectivity index (χ3v) is 4.54. The second kappa shape index (κ2) is 6.91. The van der Waals surface area contributed by atoms with Crippen LogP contribution in [0.25, 0.3) is 0 Å². The minimum absolute atomic E-state index is 0.162. The molecule has 0 aliphatic carbocycles. The summed E-state index contributed by atoms with van der Waals surface area (Å²) in [4.78, 5) is 5.93. The van der Waals surface area contributed by atoms with Gasteiger partial charge in [-0.1, -0.05) is 6.92 Å². The van der Waals surface area contributed by atoms with Crippen LogP contribution in [0.3, 0.4) is 0 Å². The van der Waals surface area contributed by atoms with Crippen molar-refractivity contribution in [3.8, 4) is 11.5 Å². The molecule has 21 heavy (non-hydrogen) atoms. The molecule has 1 unspecified atom stereocenters. The second-order valence-corrected chi connectivity index (χ2v) is 6.17. The molecule has 114 valence electrons. The van der Waals surface area contributed by atoms with Crippen molar-refractivity contribution in [2.75, 3.05) is 14.2 Å². The average Bonchev–Trinajstić information content (AvgIpc) is 2.86. The number of aryl methyl sites for hydroxylation is 2. The highest BCUT2D eigenvalue weighted by atomic mass is 32.1. The Balaban J connectivity index is 2.24. The van der Waals surface area contributed by atoms with Gasteiger partial charge in [-0.3, -0.25) is 0 Å². The predicted octanol–water partition coefficient (Wildman–Crippen LogP) is 3.27. The Morgan fingerprint density at radius 2 is 2.05 bits per heavy atom. The van der Waals surface area contributed by atoms with Crippen molar-refractivity contribution in [2.24, 2.45) is 5.73 Å². The molecule has 0 aliphatic rings. The first-order valence-electron chi connectivity index (χ1n) is 7.01. The maximum Gasteiger partial charge on any atom is 0.123 e. The van der Waals surface area contributed by atoms with E-state index in [0.29, 0.717) is 6.42 Å². The quantitative estimate of drug-likeness (QED) is 0.890. The molecule has 0 aliphatic heterocycles. The Bertz CT molecular complexity index is 610. The number of aromatic nitrogens is 1. The SMILES string of the molecule is CCc1nc(CC(N)c2cc(OC)ccc2OC)sc1C. The summed E-state index contributed by atoms with van der Waals surface area (Å²) in [5.41, 5.74) is 8.47. The summed E-state index contributed by atoms with van der Waals surface area (Å²) in [7, 11) is 3.30. The van der Waals surface area contributed by atoms with Gasteiger partial charge in [-0.05, 0) is 31.5 Å². The van der Waals surface area contributed by atoms with Gasteiger partial charge in [-0.15, -0.1) is 11.3 Å². The lowest BCUT2D eigenvalue weighted by atomic mass is 10.0.